The molecule has 3 atom stereocenters. The summed E-state index contributed by atoms with van der Waals surface area (Å²) in [6.45, 7) is 11.3. The fourth-order valence-electron chi connectivity index (χ4n) is 4.86. The van der Waals surface area contributed by atoms with Crippen LogP contribution in [-0.2, 0) is 27.9 Å². The summed E-state index contributed by atoms with van der Waals surface area (Å²) in [5, 5.41) is 0. The lowest BCUT2D eigenvalue weighted by Gasteiger charge is -2.59. The van der Waals surface area contributed by atoms with Crippen LogP contribution in [0, 0.1) is 17.3 Å². The Labute approximate surface area is 155 Å². The van der Waals surface area contributed by atoms with Crippen molar-refractivity contribution in [1.29, 1.82) is 0 Å². The van der Waals surface area contributed by atoms with Crippen LogP contribution < -0.4 is 4.72 Å². The molecule has 0 spiro atoms. The number of nitrogens with one attached hydrogen (secondary N) is 1. The van der Waals surface area contributed by atoms with E-state index in [0.29, 0.717) is 24.9 Å². The number of hydrogen-bond acceptors (Lipinski definition) is 3. The molecule has 0 saturated heterocycles. The second-order valence-corrected chi connectivity index (χ2v) is 10.3. The van der Waals surface area contributed by atoms with Crippen molar-refractivity contribution < 1.29 is 13.2 Å². The minimum absolute atomic E-state index is 0.00377. The third-order valence-corrected chi connectivity index (χ3v) is 8.31. The fourth-order valence-corrected chi connectivity index (χ4v) is 6.17. The fraction of sp³-hybridized carbons (Fsp3) is 0.550. The maximum absolute atomic E-state index is 12.9. The molecule has 1 aromatic rings. The van der Waals surface area contributed by atoms with Gasteiger partial charge in [0.05, 0.1) is 4.90 Å². The standard InChI is InChI=1S/C20H26N2O3S/c1-12-18-8-16(20(18,3)4)9-19(12)21-26(24,25)17-6-5-14-10-22(13(2)23)11-15(14)7-17/h5-7,16,18-19,21H,1,8-11H2,2-4H3/t16-,18+,19?/m1/s1. The zero-order valence-corrected chi connectivity index (χ0v) is 16.4. The van der Waals surface area contributed by atoms with Crippen molar-refractivity contribution in [2.45, 2.75) is 57.6 Å². The Morgan fingerprint density at radius 2 is 1.92 bits per heavy atom. The van der Waals surface area contributed by atoms with E-state index in [1.54, 1.807) is 17.0 Å². The highest BCUT2D eigenvalue weighted by Gasteiger charge is 2.55. The molecule has 1 amide bonds. The maximum Gasteiger partial charge on any atom is 0.241 e. The Balaban J connectivity index is 1.53. The summed E-state index contributed by atoms with van der Waals surface area (Å²) in [5.41, 5.74) is 3.19. The summed E-state index contributed by atoms with van der Waals surface area (Å²) in [6, 6.07) is 4.99. The van der Waals surface area contributed by atoms with E-state index in [1.807, 2.05) is 6.07 Å². The van der Waals surface area contributed by atoms with Crippen molar-refractivity contribution in [3.63, 3.8) is 0 Å². The van der Waals surface area contributed by atoms with Crippen LogP contribution in [0.1, 0.15) is 44.7 Å². The highest BCUT2D eigenvalue weighted by atomic mass is 32.2. The summed E-state index contributed by atoms with van der Waals surface area (Å²) < 4.78 is 28.7. The molecule has 3 aliphatic carbocycles. The molecule has 5 rings (SSSR count). The number of fused-ring (bicyclic) bond motifs is 3. The molecule has 1 aliphatic heterocycles. The van der Waals surface area contributed by atoms with E-state index in [4.69, 9.17) is 0 Å². The number of benzene rings is 1. The number of carbonyl (C=O) groups excluding carboxylic acids is 1. The van der Waals surface area contributed by atoms with E-state index in [-0.39, 0.29) is 22.3 Å². The van der Waals surface area contributed by atoms with Gasteiger partial charge in [0, 0.05) is 26.1 Å². The van der Waals surface area contributed by atoms with Gasteiger partial charge in [0.1, 0.15) is 0 Å². The molecule has 0 aromatic heterocycles. The van der Waals surface area contributed by atoms with Crippen molar-refractivity contribution in [3.8, 4) is 0 Å². The first-order valence-electron chi connectivity index (χ1n) is 9.18. The molecule has 26 heavy (non-hydrogen) atoms. The molecule has 140 valence electrons. The van der Waals surface area contributed by atoms with Crippen LogP contribution in [0.25, 0.3) is 0 Å². The maximum atomic E-state index is 12.9. The minimum Gasteiger partial charge on any atom is -0.334 e. The lowest BCUT2D eigenvalue weighted by atomic mass is 9.46. The van der Waals surface area contributed by atoms with Gasteiger partial charge in [-0.3, -0.25) is 4.79 Å². The van der Waals surface area contributed by atoms with Crippen LogP contribution in [-0.4, -0.2) is 25.3 Å². The lowest BCUT2D eigenvalue weighted by Crippen LogP contribution is -2.57. The van der Waals surface area contributed by atoms with Gasteiger partial charge in [-0.2, -0.15) is 0 Å². The zero-order chi connectivity index (χ0) is 18.9. The third kappa shape index (κ3) is 2.62. The summed E-state index contributed by atoms with van der Waals surface area (Å²) >= 11 is 0. The second kappa shape index (κ2) is 5.67. The van der Waals surface area contributed by atoms with Gasteiger partial charge >= 0.3 is 0 Å². The van der Waals surface area contributed by atoms with Crippen molar-refractivity contribution in [2.75, 3.05) is 0 Å². The van der Waals surface area contributed by atoms with E-state index in [0.717, 1.165) is 29.5 Å². The molecule has 5 nitrogen and oxygen atoms in total. The summed E-state index contributed by atoms with van der Waals surface area (Å²) in [7, 11) is -3.61. The number of hydrogen-bond donors (Lipinski definition) is 1. The summed E-state index contributed by atoms with van der Waals surface area (Å²) in [4.78, 5) is 13.6. The molecule has 6 heteroatoms. The van der Waals surface area contributed by atoms with Crippen LogP contribution in [0.2, 0.25) is 0 Å². The molecule has 3 saturated carbocycles. The van der Waals surface area contributed by atoms with Crippen LogP contribution >= 0.6 is 0 Å². The van der Waals surface area contributed by atoms with Gasteiger partial charge in [0.2, 0.25) is 15.9 Å². The Kier molecular flexibility index (Phi) is 3.87. The minimum atomic E-state index is -3.61. The number of rotatable bonds is 3. The van der Waals surface area contributed by atoms with Crippen molar-refractivity contribution in [2.24, 2.45) is 17.3 Å². The largest absolute Gasteiger partial charge is 0.334 e. The normalized spacial score (nSPS) is 29.3. The van der Waals surface area contributed by atoms with E-state index in [1.165, 1.54) is 6.92 Å². The Morgan fingerprint density at radius 1 is 1.23 bits per heavy atom. The van der Waals surface area contributed by atoms with E-state index in [9.17, 15) is 13.2 Å². The Morgan fingerprint density at radius 3 is 2.54 bits per heavy atom. The van der Waals surface area contributed by atoms with E-state index in [2.05, 4.69) is 25.1 Å². The Hall–Kier alpha value is -1.66. The molecule has 2 bridgehead atoms. The predicted molar refractivity (Wildman–Crippen MR) is 99.6 cm³/mol. The van der Waals surface area contributed by atoms with Gasteiger partial charge in [-0.25, -0.2) is 13.1 Å². The third-order valence-electron chi connectivity index (χ3n) is 6.84. The smallest absolute Gasteiger partial charge is 0.241 e. The van der Waals surface area contributed by atoms with Gasteiger partial charge < -0.3 is 4.90 Å². The first-order valence-corrected chi connectivity index (χ1v) is 10.7. The molecular weight excluding hydrogens is 348 g/mol. The summed E-state index contributed by atoms with van der Waals surface area (Å²) in [5.74, 6) is 0.956. The molecule has 1 unspecified atom stereocenters. The van der Waals surface area contributed by atoms with E-state index < -0.39 is 10.0 Å². The van der Waals surface area contributed by atoms with Gasteiger partial charge in [0.25, 0.3) is 0 Å². The van der Waals surface area contributed by atoms with Crippen LogP contribution in [0.4, 0.5) is 0 Å². The van der Waals surface area contributed by atoms with Crippen molar-refractivity contribution in [1.82, 2.24) is 9.62 Å². The first kappa shape index (κ1) is 17.7. The SMILES string of the molecule is C=C1C(NS(=O)(=O)c2ccc3c(c2)CN(C(C)=O)C3)C[C@H]2C[C@@H]1C2(C)C. The van der Waals surface area contributed by atoms with E-state index >= 15 is 0 Å². The van der Waals surface area contributed by atoms with Crippen molar-refractivity contribution >= 4 is 15.9 Å². The average Bonchev–Trinajstić information content (AvgIpc) is 2.99. The highest BCUT2D eigenvalue weighted by molar-refractivity contribution is 7.89. The second-order valence-electron chi connectivity index (χ2n) is 8.60. The van der Waals surface area contributed by atoms with Gasteiger partial charge in [-0.05, 0) is 53.4 Å². The molecule has 0 radical (unpaired) electrons. The predicted octanol–water partition coefficient (Wildman–Crippen LogP) is 2.82. The number of amides is 1. The number of sulfonamides is 1. The monoisotopic (exact) mass is 374 g/mol. The quantitative estimate of drug-likeness (QED) is 0.828. The molecule has 4 aliphatic rings. The molecule has 1 N–H and O–H groups in total. The van der Waals surface area contributed by atoms with Gasteiger partial charge in [0.15, 0.2) is 0 Å². The first-order chi connectivity index (χ1) is 12.1. The topological polar surface area (TPSA) is 66.5 Å². The molecule has 3 fully saturated rings. The molecular formula is C20H26N2O3S. The number of carbonyl (C=O) groups is 1. The van der Waals surface area contributed by atoms with Gasteiger partial charge in [-0.15, -0.1) is 0 Å². The van der Waals surface area contributed by atoms with Crippen molar-refractivity contribution in [3.05, 3.63) is 41.5 Å². The summed E-state index contributed by atoms with van der Waals surface area (Å²) in [6.07, 6.45) is 1.95. The van der Waals surface area contributed by atoms with Crippen LogP contribution in [0.3, 0.4) is 0 Å². The number of nitrogens with zero attached hydrogens (tertiary/aromatic N) is 1. The molecule has 1 aromatic carbocycles. The lowest BCUT2D eigenvalue weighted by molar-refractivity contribution is -0.129. The highest BCUT2D eigenvalue weighted by Crippen LogP contribution is 2.60. The van der Waals surface area contributed by atoms with Crippen LogP contribution in [0.5, 0.6) is 0 Å². The Bertz CT molecular complexity index is 904. The van der Waals surface area contributed by atoms with Crippen LogP contribution in [0.15, 0.2) is 35.2 Å². The molecule has 1 heterocycles. The average molecular weight is 375 g/mol. The van der Waals surface area contributed by atoms with Gasteiger partial charge in [-0.1, -0.05) is 32.1 Å². The zero-order valence-electron chi connectivity index (χ0n) is 15.6.